The van der Waals surface area contributed by atoms with Crippen LogP contribution < -0.4 is 5.32 Å². The lowest BCUT2D eigenvalue weighted by molar-refractivity contribution is -0.169. The summed E-state index contributed by atoms with van der Waals surface area (Å²) in [6.07, 6.45) is 0.404. The second-order valence-electron chi connectivity index (χ2n) is 8.64. The van der Waals surface area contributed by atoms with Gasteiger partial charge in [0.25, 0.3) is 5.91 Å². The maximum atomic E-state index is 12.9. The van der Waals surface area contributed by atoms with E-state index in [1.165, 1.54) is 0 Å². The molecular formula is C24H30N2O3. The van der Waals surface area contributed by atoms with Crippen molar-refractivity contribution in [1.29, 1.82) is 0 Å². The molecule has 0 bridgehead atoms. The van der Waals surface area contributed by atoms with Crippen molar-refractivity contribution >= 4 is 11.8 Å². The first-order chi connectivity index (χ1) is 13.7. The van der Waals surface area contributed by atoms with Gasteiger partial charge in [0.15, 0.2) is 5.60 Å². The summed E-state index contributed by atoms with van der Waals surface area (Å²) in [4.78, 5) is 27.5. The van der Waals surface area contributed by atoms with Crippen molar-refractivity contribution in [3.8, 4) is 11.1 Å². The monoisotopic (exact) mass is 394 g/mol. The van der Waals surface area contributed by atoms with Crippen LogP contribution in [0.2, 0.25) is 0 Å². The molecule has 154 valence electrons. The standard InChI is InChI=1S/C24H30N2O3/c1-23(2,3)22(28)26-13-14-29-24(17-26,21(27)25-4)16-18-9-8-12-20(15-18)19-10-6-5-7-11-19/h5-12,15H,13-14,16-17H2,1-4H3,(H,25,27). The summed E-state index contributed by atoms with van der Waals surface area (Å²) in [5, 5.41) is 2.74. The van der Waals surface area contributed by atoms with Crippen LogP contribution in [-0.4, -0.2) is 49.1 Å². The average Bonchev–Trinajstić information content (AvgIpc) is 2.73. The Bertz CT molecular complexity index is 873. The molecule has 29 heavy (non-hydrogen) atoms. The Kier molecular flexibility index (Phi) is 6.08. The average molecular weight is 395 g/mol. The van der Waals surface area contributed by atoms with Crippen LogP contribution in [0, 0.1) is 5.41 Å². The zero-order chi connectivity index (χ0) is 21.1. The normalized spacial score (nSPS) is 19.7. The van der Waals surface area contributed by atoms with Crippen LogP contribution >= 0.6 is 0 Å². The summed E-state index contributed by atoms with van der Waals surface area (Å²) in [5.74, 6) is -0.166. The van der Waals surface area contributed by atoms with Crippen LogP contribution in [0.25, 0.3) is 11.1 Å². The molecule has 5 nitrogen and oxygen atoms in total. The highest BCUT2D eigenvalue weighted by Gasteiger charge is 2.46. The number of nitrogens with zero attached hydrogens (tertiary/aromatic N) is 1. The molecule has 5 heteroatoms. The molecule has 1 atom stereocenters. The van der Waals surface area contributed by atoms with Crippen molar-refractivity contribution in [3.63, 3.8) is 0 Å². The number of carbonyl (C=O) groups excluding carboxylic acids is 2. The fourth-order valence-electron chi connectivity index (χ4n) is 3.81. The molecule has 1 unspecified atom stereocenters. The Morgan fingerprint density at radius 3 is 2.41 bits per heavy atom. The van der Waals surface area contributed by atoms with Crippen molar-refractivity contribution < 1.29 is 14.3 Å². The van der Waals surface area contributed by atoms with Crippen LogP contribution in [0.4, 0.5) is 0 Å². The molecule has 0 radical (unpaired) electrons. The van der Waals surface area contributed by atoms with Crippen molar-refractivity contribution in [2.24, 2.45) is 5.41 Å². The van der Waals surface area contributed by atoms with Gasteiger partial charge in [-0.15, -0.1) is 0 Å². The highest BCUT2D eigenvalue weighted by Crippen LogP contribution is 2.29. The zero-order valence-corrected chi connectivity index (χ0v) is 17.7. The molecule has 1 fully saturated rings. The molecule has 0 aromatic heterocycles. The third-order valence-electron chi connectivity index (χ3n) is 5.28. The number of carbonyl (C=O) groups is 2. The first-order valence-corrected chi connectivity index (χ1v) is 10.0. The minimum absolute atomic E-state index is 0.0344. The van der Waals surface area contributed by atoms with Gasteiger partial charge in [0.05, 0.1) is 13.2 Å². The third-order valence-corrected chi connectivity index (χ3v) is 5.28. The smallest absolute Gasteiger partial charge is 0.254 e. The highest BCUT2D eigenvalue weighted by molar-refractivity contribution is 5.88. The van der Waals surface area contributed by atoms with Gasteiger partial charge in [0.2, 0.25) is 5.91 Å². The van der Waals surface area contributed by atoms with E-state index in [9.17, 15) is 9.59 Å². The van der Waals surface area contributed by atoms with Crippen molar-refractivity contribution in [2.45, 2.75) is 32.8 Å². The first-order valence-electron chi connectivity index (χ1n) is 10.0. The van der Waals surface area contributed by atoms with Gasteiger partial charge in [-0.3, -0.25) is 9.59 Å². The van der Waals surface area contributed by atoms with Gasteiger partial charge in [-0.25, -0.2) is 0 Å². The Morgan fingerprint density at radius 1 is 1.07 bits per heavy atom. The maximum absolute atomic E-state index is 12.9. The van der Waals surface area contributed by atoms with Crippen molar-refractivity contribution in [3.05, 3.63) is 60.2 Å². The molecule has 1 aliphatic rings. The number of benzene rings is 2. The zero-order valence-electron chi connectivity index (χ0n) is 17.7. The highest BCUT2D eigenvalue weighted by atomic mass is 16.5. The van der Waals surface area contributed by atoms with Crippen LogP contribution in [0.1, 0.15) is 26.3 Å². The second-order valence-corrected chi connectivity index (χ2v) is 8.64. The molecule has 1 aliphatic heterocycles. The fraction of sp³-hybridized carbons (Fsp3) is 0.417. The van der Waals surface area contributed by atoms with Gasteiger partial charge in [0.1, 0.15) is 0 Å². The predicted molar refractivity (Wildman–Crippen MR) is 114 cm³/mol. The van der Waals surface area contributed by atoms with Gasteiger partial charge >= 0.3 is 0 Å². The predicted octanol–water partition coefficient (Wildman–Crippen LogP) is 3.29. The van der Waals surface area contributed by atoms with E-state index in [1.54, 1.807) is 11.9 Å². The largest absolute Gasteiger partial charge is 0.361 e. The van der Waals surface area contributed by atoms with E-state index >= 15 is 0 Å². The van der Waals surface area contributed by atoms with Crippen molar-refractivity contribution in [1.82, 2.24) is 10.2 Å². The van der Waals surface area contributed by atoms with Crippen LogP contribution in [0.5, 0.6) is 0 Å². The van der Waals surface area contributed by atoms with E-state index in [2.05, 4.69) is 29.6 Å². The molecule has 1 heterocycles. The van der Waals surface area contributed by atoms with E-state index in [0.29, 0.717) is 19.6 Å². The maximum Gasteiger partial charge on any atom is 0.254 e. The lowest BCUT2D eigenvalue weighted by Crippen LogP contribution is -2.62. The number of amides is 2. The lowest BCUT2D eigenvalue weighted by atomic mass is 9.88. The van der Waals surface area contributed by atoms with Crippen LogP contribution in [-0.2, 0) is 20.7 Å². The minimum atomic E-state index is -1.09. The second kappa shape index (κ2) is 8.37. The number of likely N-dealkylation sites (N-methyl/N-ethyl adjacent to an activating group) is 1. The molecule has 0 saturated carbocycles. The third kappa shape index (κ3) is 4.67. The molecule has 1 saturated heterocycles. The number of hydrogen-bond acceptors (Lipinski definition) is 3. The number of morpholine rings is 1. The summed E-state index contributed by atoms with van der Waals surface area (Å²) in [5.41, 5.74) is 1.62. The number of ether oxygens (including phenoxy) is 1. The first kappa shape index (κ1) is 21.1. The molecule has 3 rings (SSSR count). The summed E-state index contributed by atoms with van der Waals surface area (Å²) < 4.78 is 6.05. The summed E-state index contributed by atoms with van der Waals surface area (Å²) in [6, 6.07) is 18.3. The SMILES string of the molecule is CNC(=O)C1(Cc2cccc(-c3ccccc3)c2)CN(C(=O)C(C)(C)C)CCO1. The van der Waals surface area contributed by atoms with E-state index in [1.807, 2.05) is 51.1 Å². The van der Waals surface area contributed by atoms with Crippen LogP contribution in [0.15, 0.2) is 54.6 Å². The Balaban J connectivity index is 1.90. The van der Waals surface area contributed by atoms with E-state index < -0.39 is 11.0 Å². The molecular weight excluding hydrogens is 364 g/mol. The Morgan fingerprint density at radius 2 is 1.76 bits per heavy atom. The summed E-state index contributed by atoms with van der Waals surface area (Å²) in [6.45, 7) is 6.78. The molecule has 2 aromatic rings. The van der Waals surface area contributed by atoms with E-state index in [-0.39, 0.29) is 18.4 Å². The molecule has 0 aliphatic carbocycles. The molecule has 0 spiro atoms. The fourth-order valence-corrected chi connectivity index (χ4v) is 3.81. The molecule has 1 N–H and O–H groups in total. The lowest BCUT2D eigenvalue weighted by Gasteiger charge is -2.43. The van der Waals surface area contributed by atoms with Gasteiger partial charge in [-0.2, -0.15) is 0 Å². The summed E-state index contributed by atoms with van der Waals surface area (Å²) in [7, 11) is 1.61. The quantitative estimate of drug-likeness (QED) is 0.866. The van der Waals surface area contributed by atoms with Crippen LogP contribution in [0.3, 0.4) is 0 Å². The number of nitrogens with one attached hydrogen (secondary N) is 1. The Labute approximate surface area is 173 Å². The number of rotatable bonds is 4. The van der Waals surface area contributed by atoms with E-state index in [4.69, 9.17) is 4.74 Å². The van der Waals surface area contributed by atoms with Crippen molar-refractivity contribution in [2.75, 3.05) is 26.7 Å². The van der Waals surface area contributed by atoms with Gasteiger partial charge in [-0.05, 0) is 16.7 Å². The van der Waals surface area contributed by atoms with Gasteiger partial charge in [0, 0.05) is 25.4 Å². The molecule has 2 aromatic carbocycles. The minimum Gasteiger partial charge on any atom is -0.361 e. The van der Waals surface area contributed by atoms with Gasteiger partial charge < -0.3 is 15.0 Å². The molecule has 2 amide bonds. The van der Waals surface area contributed by atoms with E-state index in [0.717, 1.165) is 16.7 Å². The topological polar surface area (TPSA) is 58.6 Å². The summed E-state index contributed by atoms with van der Waals surface area (Å²) >= 11 is 0. The Hall–Kier alpha value is -2.66. The number of hydrogen-bond donors (Lipinski definition) is 1. The van der Waals surface area contributed by atoms with Gasteiger partial charge in [-0.1, -0.05) is 75.4 Å².